The zero-order valence-corrected chi connectivity index (χ0v) is 14.3. The molecule has 3 heterocycles. The first-order valence-electron chi connectivity index (χ1n) is 8.63. The van der Waals surface area contributed by atoms with E-state index in [1.165, 1.54) is 4.90 Å². The predicted molar refractivity (Wildman–Crippen MR) is 87.7 cm³/mol. The number of hydrogen-bond acceptors (Lipinski definition) is 4. The van der Waals surface area contributed by atoms with E-state index in [4.69, 9.17) is 14.2 Å². The fraction of sp³-hybridized carbons (Fsp3) is 0.611. The molecule has 4 rings (SSSR count). The van der Waals surface area contributed by atoms with Gasteiger partial charge in [-0.3, -0.25) is 9.69 Å². The molecule has 0 radical (unpaired) electrons. The molecule has 0 aromatic heterocycles. The average Bonchev–Trinajstić information content (AvgIpc) is 2.82. The van der Waals surface area contributed by atoms with Crippen molar-refractivity contribution in [3.8, 4) is 0 Å². The van der Waals surface area contributed by atoms with Gasteiger partial charge in [-0.25, -0.2) is 0 Å². The van der Waals surface area contributed by atoms with Crippen LogP contribution in [0.25, 0.3) is 0 Å². The number of nitrogens with one attached hydrogen (secondary N) is 1. The number of nitrogens with zero attached hydrogens (tertiary/aromatic N) is 1. The Morgan fingerprint density at radius 3 is 2.50 bits per heavy atom. The third-order valence-corrected chi connectivity index (χ3v) is 4.99. The number of morpholine rings is 1. The van der Waals surface area contributed by atoms with Crippen LogP contribution in [0, 0.1) is 5.41 Å². The molecule has 0 bridgehead atoms. The molecule has 0 atom stereocenters. The minimum Gasteiger partial charge on any atom is -0.370 e. The van der Waals surface area contributed by atoms with Crippen LogP contribution in [0.3, 0.4) is 0 Å². The summed E-state index contributed by atoms with van der Waals surface area (Å²) in [6.45, 7) is 9.10. The summed E-state index contributed by atoms with van der Waals surface area (Å²) in [5.41, 5.74) is 1.66. The Morgan fingerprint density at radius 1 is 1.12 bits per heavy atom. The second kappa shape index (κ2) is 5.81. The number of amides is 1. The Bertz CT molecular complexity index is 630. The molecule has 1 spiro atoms. The summed E-state index contributed by atoms with van der Waals surface area (Å²) in [5, 5.41) is 0. The van der Waals surface area contributed by atoms with E-state index in [0.29, 0.717) is 19.9 Å². The van der Waals surface area contributed by atoms with Crippen LogP contribution >= 0.6 is 0 Å². The molecule has 1 aromatic carbocycles. The molecule has 0 unspecified atom stereocenters. The van der Waals surface area contributed by atoms with Crippen LogP contribution in [-0.4, -0.2) is 52.1 Å². The smallest absolute Gasteiger partial charge is 0.296 e. The van der Waals surface area contributed by atoms with Crippen LogP contribution in [0.4, 0.5) is 5.69 Å². The van der Waals surface area contributed by atoms with Crippen molar-refractivity contribution in [3.63, 3.8) is 0 Å². The van der Waals surface area contributed by atoms with E-state index in [1.807, 2.05) is 29.2 Å². The molecule has 0 aliphatic carbocycles. The highest BCUT2D eigenvalue weighted by molar-refractivity contribution is 6.05. The SMILES string of the molecule is CC1(C)COC2(OC1)C(=O)N(C[NH+]1CCOCC1)c1ccccc12. The van der Waals surface area contributed by atoms with Crippen LogP contribution in [0.1, 0.15) is 19.4 Å². The van der Waals surface area contributed by atoms with E-state index in [0.717, 1.165) is 37.6 Å². The van der Waals surface area contributed by atoms with E-state index in [-0.39, 0.29) is 11.3 Å². The first kappa shape index (κ1) is 16.0. The van der Waals surface area contributed by atoms with Gasteiger partial charge in [0.15, 0.2) is 6.67 Å². The van der Waals surface area contributed by atoms with Crippen molar-refractivity contribution < 1.29 is 23.9 Å². The molecule has 6 nitrogen and oxygen atoms in total. The number of rotatable bonds is 2. The lowest BCUT2D eigenvalue weighted by Crippen LogP contribution is -3.15. The van der Waals surface area contributed by atoms with E-state index in [9.17, 15) is 4.79 Å². The average molecular weight is 333 g/mol. The van der Waals surface area contributed by atoms with Gasteiger partial charge in [0.05, 0.1) is 32.1 Å². The van der Waals surface area contributed by atoms with Crippen molar-refractivity contribution in [2.75, 3.05) is 51.1 Å². The highest BCUT2D eigenvalue weighted by atomic mass is 16.7. The number of carbonyl (C=O) groups is 1. The molecule has 1 N–H and O–H groups in total. The molecule has 3 aliphatic heterocycles. The lowest BCUT2D eigenvalue weighted by atomic mass is 9.93. The zero-order valence-electron chi connectivity index (χ0n) is 14.3. The standard InChI is InChI=1S/C18H24N2O4/c1-17(2)11-23-18(24-12-17)14-5-3-4-6-15(14)20(16(18)21)13-19-7-9-22-10-8-19/h3-6H,7-13H2,1-2H3/p+1. The van der Waals surface area contributed by atoms with Gasteiger partial charge in [-0.2, -0.15) is 0 Å². The highest BCUT2D eigenvalue weighted by Gasteiger charge is 2.57. The van der Waals surface area contributed by atoms with Gasteiger partial charge >= 0.3 is 0 Å². The summed E-state index contributed by atoms with van der Waals surface area (Å²) in [4.78, 5) is 16.4. The van der Waals surface area contributed by atoms with E-state index in [1.54, 1.807) is 0 Å². The number of fused-ring (bicyclic) bond motifs is 2. The number of hydrogen-bond donors (Lipinski definition) is 1. The van der Waals surface area contributed by atoms with E-state index >= 15 is 0 Å². The maximum Gasteiger partial charge on any atom is 0.296 e. The molecule has 130 valence electrons. The van der Waals surface area contributed by atoms with Gasteiger partial charge < -0.3 is 19.1 Å². The van der Waals surface area contributed by atoms with Crippen molar-refractivity contribution in [1.82, 2.24) is 0 Å². The maximum atomic E-state index is 13.3. The summed E-state index contributed by atoms with van der Waals surface area (Å²) in [5.74, 6) is -1.36. The molecular formula is C18H25N2O4+. The van der Waals surface area contributed by atoms with Gasteiger partial charge in [-0.1, -0.05) is 32.0 Å². The van der Waals surface area contributed by atoms with Crippen molar-refractivity contribution >= 4 is 11.6 Å². The predicted octanol–water partition coefficient (Wildman–Crippen LogP) is 0.132. The number of quaternary nitrogens is 1. The Kier molecular flexibility index (Phi) is 3.88. The van der Waals surface area contributed by atoms with E-state index < -0.39 is 5.79 Å². The van der Waals surface area contributed by atoms with Crippen LogP contribution < -0.4 is 9.80 Å². The maximum absolute atomic E-state index is 13.3. The van der Waals surface area contributed by atoms with Crippen molar-refractivity contribution in [2.45, 2.75) is 19.6 Å². The molecule has 2 saturated heterocycles. The topological polar surface area (TPSA) is 52.4 Å². The van der Waals surface area contributed by atoms with E-state index in [2.05, 4.69) is 13.8 Å². The first-order valence-corrected chi connectivity index (χ1v) is 8.63. The number of carbonyl (C=O) groups excluding carboxylic acids is 1. The summed E-state index contributed by atoms with van der Waals surface area (Å²) in [6, 6.07) is 7.82. The number of anilines is 1. The van der Waals surface area contributed by atoms with Crippen LogP contribution in [-0.2, 0) is 24.8 Å². The fourth-order valence-electron chi connectivity index (χ4n) is 3.54. The monoisotopic (exact) mass is 333 g/mol. The number of benzene rings is 1. The third-order valence-electron chi connectivity index (χ3n) is 4.99. The third kappa shape index (κ3) is 2.54. The lowest BCUT2D eigenvalue weighted by molar-refractivity contribution is -0.906. The second-order valence-corrected chi connectivity index (χ2v) is 7.63. The highest BCUT2D eigenvalue weighted by Crippen LogP contribution is 2.46. The largest absolute Gasteiger partial charge is 0.370 e. The first-order chi connectivity index (χ1) is 11.5. The quantitative estimate of drug-likeness (QED) is 0.836. The number of para-hydroxylation sites is 1. The van der Waals surface area contributed by atoms with Gasteiger partial charge in [-0.15, -0.1) is 0 Å². The lowest BCUT2D eigenvalue weighted by Gasteiger charge is -2.40. The van der Waals surface area contributed by atoms with Crippen LogP contribution in [0.5, 0.6) is 0 Å². The van der Waals surface area contributed by atoms with Gasteiger partial charge in [0.25, 0.3) is 11.7 Å². The van der Waals surface area contributed by atoms with Gasteiger partial charge in [0.2, 0.25) is 0 Å². The Hall–Kier alpha value is -1.47. The summed E-state index contributed by atoms with van der Waals surface area (Å²) >= 11 is 0. The molecule has 1 aromatic rings. The second-order valence-electron chi connectivity index (χ2n) is 7.63. The Labute approximate surface area is 142 Å². The fourth-order valence-corrected chi connectivity index (χ4v) is 3.54. The van der Waals surface area contributed by atoms with Crippen molar-refractivity contribution in [3.05, 3.63) is 29.8 Å². The summed E-state index contributed by atoms with van der Waals surface area (Å²) < 4.78 is 17.5. The summed E-state index contributed by atoms with van der Waals surface area (Å²) in [6.07, 6.45) is 0. The van der Waals surface area contributed by atoms with Gasteiger partial charge in [0, 0.05) is 11.0 Å². The molecule has 6 heteroatoms. The van der Waals surface area contributed by atoms with Gasteiger partial charge in [-0.05, 0) is 6.07 Å². The molecule has 1 amide bonds. The zero-order chi connectivity index (χ0) is 16.8. The molecule has 2 fully saturated rings. The molecule has 3 aliphatic rings. The summed E-state index contributed by atoms with van der Waals surface area (Å²) in [7, 11) is 0. The van der Waals surface area contributed by atoms with Crippen LogP contribution in [0.15, 0.2) is 24.3 Å². The number of ether oxygens (including phenoxy) is 3. The van der Waals surface area contributed by atoms with Gasteiger partial charge in [0.1, 0.15) is 13.1 Å². The van der Waals surface area contributed by atoms with Crippen molar-refractivity contribution in [1.29, 1.82) is 0 Å². The molecule has 24 heavy (non-hydrogen) atoms. The van der Waals surface area contributed by atoms with Crippen molar-refractivity contribution in [2.24, 2.45) is 5.41 Å². The Morgan fingerprint density at radius 2 is 1.79 bits per heavy atom. The Balaban J connectivity index is 1.64. The minimum absolute atomic E-state index is 0.0800. The molecule has 0 saturated carbocycles. The molecular weight excluding hydrogens is 308 g/mol. The minimum atomic E-state index is -1.27. The van der Waals surface area contributed by atoms with Crippen LogP contribution in [0.2, 0.25) is 0 Å². The normalized spacial score (nSPS) is 25.9.